The highest BCUT2D eigenvalue weighted by Crippen LogP contribution is 2.04. The third-order valence-corrected chi connectivity index (χ3v) is 4.75. The summed E-state index contributed by atoms with van der Waals surface area (Å²) in [5.74, 6) is 0. The van der Waals surface area contributed by atoms with Crippen molar-refractivity contribution in [3.05, 3.63) is 48.7 Å². The van der Waals surface area contributed by atoms with Crippen molar-refractivity contribution < 1.29 is 4.43 Å². The van der Waals surface area contributed by atoms with E-state index in [0.717, 1.165) is 0 Å². The fourth-order valence-electron chi connectivity index (χ4n) is 1.23. The minimum absolute atomic E-state index is 0.609. The van der Waals surface area contributed by atoms with E-state index in [9.17, 15) is 0 Å². The lowest BCUT2D eigenvalue weighted by Gasteiger charge is -2.22. The smallest absolute Gasteiger partial charge is 0.218 e. The highest BCUT2D eigenvalue weighted by Gasteiger charge is 2.23. The average Bonchev–Trinajstić information content (AvgIpc) is 2.19. The SMILES string of the molecule is C=C=CCO[Si](C)(C)c1ccccc1. The summed E-state index contributed by atoms with van der Waals surface area (Å²) < 4.78 is 5.84. The van der Waals surface area contributed by atoms with Gasteiger partial charge in [0.2, 0.25) is 8.32 Å². The maximum atomic E-state index is 5.84. The summed E-state index contributed by atoms with van der Waals surface area (Å²) in [7, 11) is -1.72. The van der Waals surface area contributed by atoms with Crippen LogP contribution in [0.5, 0.6) is 0 Å². The fraction of sp³-hybridized carbons (Fsp3) is 0.250. The molecule has 0 radical (unpaired) electrons. The number of rotatable bonds is 4. The summed E-state index contributed by atoms with van der Waals surface area (Å²) >= 11 is 0. The van der Waals surface area contributed by atoms with Gasteiger partial charge in [-0.3, -0.25) is 0 Å². The van der Waals surface area contributed by atoms with Crippen LogP contribution in [0.2, 0.25) is 13.1 Å². The Kier molecular flexibility index (Phi) is 3.90. The lowest BCUT2D eigenvalue weighted by Crippen LogP contribution is -2.44. The third-order valence-electron chi connectivity index (χ3n) is 2.14. The average molecular weight is 204 g/mol. The van der Waals surface area contributed by atoms with E-state index in [1.165, 1.54) is 5.19 Å². The Hall–Kier alpha value is -1.08. The number of hydrogen-bond donors (Lipinski definition) is 0. The van der Waals surface area contributed by atoms with Gasteiger partial charge in [0.25, 0.3) is 0 Å². The Morgan fingerprint density at radius 2 is 2.00 bits per heavy atom. The van der Waals surface area contributed by atoms with Crippen molar-refractivity contribution in [2.24, 2.45) is 0 Å². The topological polar surface area (TPSA) is 9.23 Å². The monoisotopic (exact) mass is 204 g/mol. The van der Waals surface area contributed by atoms with Gasteiger partial charge in [0.15, 0.2) is 0 Å². The van der Waals surface area contributed by atoms with E-state index in [1.54, 1.807) is 0 Å². The minimum atomic E-state index is -1.72. The Morgan fingerprint density at radius 3 is 2.57 bits per heavy atom. The zero-order valence-electron chi connectivity index (χ0n) is 8.79. The quantitative estimate of drug-likeness (QED) is 0.541. The first kappa shape index (κ1) is 11.0. The van der Waals surface area contributed by atoms with E-state index in [-0.39, 0.29) is 0 Å². The van der Waals surface area contributed by atoms with Crippen molar-refractivity contribution >= 4 is 13.5 Å². The summed E-state index contributed by atoms with van der Waals surface area (Å²) in [5, 5.41) is 1.32. The molecule has 0 aliphatic heterocycles. The van der Waals surface area contributed by atoms with Crippen LogP contribution in [0, 0.1) is 0 Å². The summed E-state index contributed by atoms with van der Waals surface area (Å²) in [6.45, 7) is 8.50. The van der Waals surface area contributed by atoms with Gasteiger partial charge in [0.1, 0.15) is 0 Å². The largest absolute Gasteiger partial charge is 0.409 e. The predicted octanol–water partition coefficient (Wildman–Crippen LogP) is 2.46. The van der Waals surface area contributed by atoms with Crippen LogP contribution < -0.4 is 5.19 Å². The predicted molar refractivity (Wildman–Crippen MR) is 63.2 cm³/mol. The summed E-state index contributed by atoms with van der Waals surface area (Å²) in [5.41, 5.74) is 2.71. The molecule has 0 aromatic heterocycles. The Bertz CT molecular complexity index is 323. The molecular formula is C12H16OSi. The van der Waals surface area contributed by atoms with Crippen molar-refractivity contribution in [3.8, 4) is 0 Å². The van der Waals surface area contributed by atoms with Gasteiger partial charge in [-0.15, -0.1) is 5.73 Å². The standard InChI is InChI=1S/C12H16OSi/c1-4-5-11-13-14(2,3)12-9-7-6-8-10-12/h5-10H,1,11H2,2-3H3. The molecule has 2 heteroatoms. The van der Waals surface area contributed by atoms with E-state index in [0.29, 0.717) is 6.61 Å². The first-order valence-corrected chi connectivity index (χ1v) is 7.61. The Morgan fingerprint density at radius 1 is 1.36 bits per heavy atom. The maximum absolute atomic E-state index is 5.84. The van der Waals surface area contributed by atoms with Crippen molar-refractivity contribution in [2.45, 2.75) is 13.1 Å². The lowest BCUT2D eigenvalue weighted by molar-refractivity contribution is 0.362. The summed E-state index contributed by atoms with van der Waals surface area (Å²) in [4.78, 5) is 0. The molecule has 1 rings (SSSR count). The van der Waals surface area contributed by atoms with E-state index < -0.39 is 8.32 Å². The molecule has 0 spiro atoms. The molecule has 0 amide bonds. The molecule has 1 aromatic rings. The van der Waals surface area contributed by atoms with Crippen molar-refractivity contribution in [3.63, 3.8) is 0 Å². The molecule has 0 fully saturated rings. The fourth-order valence-corrected chi connectivity index (χ4v) is 2.89. The molecule has 0 aliphatic carbocycles. The molecule has 74 valence electrons. The molecule has 1 nitrogen and oxygen atoms in total. The first-order valence-electron chi connectivity index (χ1n) is 4.70. The zero-order chi connectivity index (χ0) is 10.4. The second-order valence-electron chi connectivity index (χ2n) is 3.60. The second-order valence-corrected chi connectivity index (χ2v) is 7.48. The number of benzene rings is 1. The van der Waals surface area contributed by atoms with Gasteiger partial charge in [-0.25, -0.2) is 0 Å². The minimum Gasteiger partial charge on any atom is -0.409 e. The summed E-state index contributed by atoms with van der Waals surface area (Å²) in [6.07, 6.45) is 1.82. The molecule has 0 unspecified atom stereocenters. The van der Waals surface area contributed by atoms with Crippen LogP contribution in [0.3, 0.4) is 0 Å². The second kappa shape index (κ2) is 4.96. The molecule has 0 heterocycles. The lowest BCUT2D eigenvalue weighted by atomic mass is 10.4. The van der Waals surface area contributed by atoms with Crippen molar-refractivity contribution in [1.82, 2.24) is 0 Å². The molecule has 0 atom stereocenters. The molecular weight excluding hydrogens is 188 g/mol. The zero-order valence-corrected chi connectivity index (χ0v) is 9.79. The van der Waals surface area contributed by atoms with Crippen LogP contribution in [0.25, 0.3) is 0 Å². The van der Waals surface area contributed by atoms with Gasteiger partial charge >= 0.3 is 0 Å². The van der Waals surface area contributed by atoms with Crippen LogP contribution in [-0.2, 0) is 4.43 Å². The summed E-state index contributed by atoms with van der Waals surface area (Å²) in [6, 6.07) is 10.4. The van der Waals surface area contributed by atoms with Crippen LogP contribution in [0.1, 0.15) is 0 Å². The van der Waals surface area contributed by atoms with Crippen LogP contribution in [0.4, 0.5) is 0 Å². The highest BCUT2D eigenvalue weighted by molar-refractivity contribution is 6.84. The number of hydrogen-bond acceptors (Lipinski definition) is 1. The molecule has 1 aromatic carbocycles. The van der Waals surface area contributed by atoms with E-state index in [1.807, 2.05) is 12.1 Å². The van der Waals surface area contributed by atoms with E-state index in [4.69, 9.17) is 4.43 Å². The van der Waals surface area contributed by atoms with Gasteiger partial charge < -0.3 is 4.43 Å². The van der Waals surface area contributed by atoms with Gasteiger partial charge in [-0.2, -0.15) is 0 Å². The van der Waals surface area contributed by atoms with E-state index >= 15 is 0 Å². The van der Waals surface area contributed by atoms with Gasteiger partial charge in [0, 0.05) is 0 Å². The Labute approximate surface area is 86.9 Å². The Balaban J connectivity index is 2.70. The van der Waals surface area contributed by atoms with Gasteiger partial charge in [-0.05, 0) is 24.4 Å². The molecule has 0 saturated heterocycles. The highest BCUT2D eigenvalue weighted by atomic mass is 28.4. The third kappa shape index (κ3) is 3.00. The van der Waals surface area contributed by atoms with Crippen LogP contribution in [-0.4, -0.2) is 14.9 Å². The van der Waals surface area contributed by atoms with E-state index in [2.05, 4.69) is 49.7 Å². The molecule has 0 aliphatic rings. The van der Waals surface area contributed by atoms with Crippen molar-refractivity contribution in [1.29, 1.82) is 0 Å². The molecule has 14 heavy (non-hydrogen) atoms. The van der Waals surface area contributed by atoms with Gasteiger partial charge in [-0.1, -0.05) is 36.9 Å². The van der Waals surface area contributed by atoms with Gasteiger partial charge in [0.05, 0.1) is 6.61 Å². The normalized spacial score (nSPS) is 10.7. The molecule has 0 saturated carbocycles. The van der Waals surface area contributed by atoms with Crippen LogP contribution in [0.15, 0.2) is 48.7 Å². The van der Waals surface area contributed by atoms with Crippen LogP contribution >= 0.6 is 0 Å². The van der Waals surface area contributed by atoms with Crippen molar-refractivity contribution in [2.75, 3.05) is 6.61 Å². The molecule has 0 N–H and O–H groups in total. The molecule has 0 bridgehead atoms. The first-order chi connectivity index (χ1) is 6.67. The maximum Gasteiger partial charge on any atom is 0.218 e.